The number of aromatic amines is 1. The van der Waals surface area contributed by atoms with Crippen molar-refractivity contribution < 1.29 is 4.39 Å². The van der Waals surface area contributed by atoms with Gasteiger partial charge in [0.15, 0.2) is 0 Å². The minimum absolute atomic E-state index is 0.153. The molecule has 1 heterocycles. The number of imidazole rings is 1. The summed E-state index contributed by atoms with van der Waals surface area (Å²) in [5.74, 6) is -0.153. The van der Waals surface area contributed by atoms with E-state index in [9.17, 15) is 4.39 Å². The Labute approximate surface area is 92.8 Å². The molecule has 2 nitrogen and oxygen atoms in total. The fourth-order valence-electron chi connectivity index (χ4n) is 2.17. The second-order valence-corrected chi connectivity index (χ2v) is 3.97. The first kappa shape index (κ1) is 9.33. The van der Waals surface area contributed by atoms with Crippen molar-refractivity contribution in [1.82, 2.24) is 9.97 Å². The third kappa shape index (κ3) is 1.54. The van der Waals surface area contributed by atoms with E-state index in [0.29, 0.717) is 0 Å². The van der Waals surface area contributed by atoms with Crippen LogP contribution in [-0.2, 0) is 6.42 Å². The first-order chi connectivity index (χ1) is 7.83. The standard InChI is InChI=1S/C13H11FN2/c14-11-3-4-13-9(5-11)1-2-10(13)6-12-7-15-8-16-12/h3-8H,1-2H2,(H,15,16)/b10-6-. The highest BCUT2D eigenvalue weighted by molar-refractivity contribution is 5.84. The van der Waals surface area contributed by atoms with Crippen LogP contribution in [0, 0.1) is 5.82 Å². The first-order valence-electron chi connectivity index (χ1n) is 5.31. The first-order valence-corrected chi connectivity index (χ1v) is 5.31. The predicted molar refractivity (Wildman–Crippen MR) is 61.2 cm³/mol. The number of halogens is 1. The molecule has 1 aliphatic rings. The fraction of sp³-hybridized carbons (Fsp3) is 0.154. The lowest BCUT2D eigenvalue weighted by Gasteiger charge is -2.00. The van der Waals surface area contributed by atoms with Crippen LogP contribution >= 0.6 is 0 Å². The van der Waals surface area contributed by atoms with Gasteiger partial charge in [0.05, 0.1) is 12.0 Å². The van der Waals surface area contributed by atoms with Crippen LogP contribution in [0.5, 0.6) is 0 Å². The largest absolute Gasteiger partial charge is 0.351 e. The van der Waals surface area contributed by atoms with Gasteiger partial charge < -0.3 is 4.98 Å². The Balaban J connectivity index is 2.03. The van der Waals surface area contributed by atoms with E-state index in [2.05, 4.69) is 16.0 Å². The zero-order valence-corrected chi connectivity index (χ0v) is 8.70. The average Bonchev–Trinajstić information content (AvgIpc) is 2.89. The number of rotatable bonds is 1. The summed E-state index contributed by atoms with van der Waals surface area (Å²) in [6.07, 6.45) is 7.46. The van der Waals surface area contributed by atoms with Crippen LogP contribution in [0.3, 0.4) is 0 Å². The molecule has 3 heteroatoms. The minimum atomic E-state index is -0.153. The average molecular weight is 214 g/mol. The molecule has 0 amide bonds. The van der Waals surface area contributed by atoms with Crippen LogP contribution in [0.15, 0.2) is 30.7 Å². The van der Waals surface area contributed by atoms with E-state index in [-0.39, 0.29) is 5.82 Å². The number of aryl methyl sites for hydroxylation is 1. The van der Waals surface area contributed by atoms with Crippen LogP contribution in [0.1, 0.15) is 23.2 Å². The lowest BCUT2D eigenvalue weighted by Crippen LogP contribution is -1.83. The van der Waals surface area contributed by atoms with E-state index >= 15 is 0 Å². The molecule has 80 valence electrons. The zero-order valence-electron chi connectivity index (χ0n) is 8.70. The van der Waals surface area contributed by atoms with E-state index in [4.69, 9.17) is 0 Å². The number of nitrogens with zero attached hydrogens (tertiary/aromatic N) is 1. The summed E-state index contributed by atoms with van der Waals surface area (Å²) in [5, 5.41) is 0. The van der Waals surface area contributed by atoms with Gasteiger partial charge in [-0.3, -0.25) is 0 Å². The van der Waals surface area contributed by atoms with Crippen molar-refractivity contribution in [2.45, 2.75) is 12.8 Å². The van der Waals surface area contributed by atoms with E-state index in [1.54, 1.807) is 12.4 Å². The highest BCUT2D eigenvalue weighted by Crippen LogP contribution is 2.33. The molecule has 2 aromatic rings. The number of hydrogen-bond donors (Lipinski definition) is 1. The SMILES string of the molecule is Fc1ccc2c(c1)CC/C2=C/c1c[nH]cn1. The van der Waals surface area contributed by atoms with Crippen molar-refractivity contribution in [3.05, 3.63) is 53.4 Å². The van der Waals surface area contributed by atoms with Crippen LogP contribution < -0.4 is 0 Å². The summed E-state index contributed by atoms with van der Waals surface area (Å²) < 4.78 is 13.0. The van der Waals surface area contributed by atoms with Gasteiger partial charge in [-0.25, -0.2) is 9.37 Å². The van der Waals surface area contributed by atoms with Gasteiger partial charge in [0, 0.05) is 6.20 Å². The Morgan fingerprint density at radius 2 is 2.25 bits per heavy atom. The normalized spacial score (nSPS) is 16.7. The molecule has 0 fully saturated rings. The van der Waals surface area contributed by atoms with Gasteiger partial charge in [0.25, 0.3) is 0 Å². The van der Waals surface area contributed by atoms with Gasteiger partial charge >= 0.3 is 0 Å². The number of allylic oxidation sites excluding steroid dienone is 1. The van der Waals surface area contributed by atoms with Crippen LogP contribution in [0.2, 0.25) is 0 Å². The number of nitrogens with one attached hydrogen (secondary N) is 1. The third-order valence-corrected chi connectivity index (χ3v) is 2.92. The molecular formula is C13H11FN2. The summed E-state index contributed by atoms with van der Waals surface area (Å²) >= 11 is 0. The van der Waals surface area contributed by atoms with Crippen molar-refractivity contribution in [2.75, 3.05) is 0 Å². The Kier molecular flexibility index (Phi) is 2.10. The van der Waals surface area contributed by atoms with Gasteiger partial charge in [-0.2, -0.15) is 0 Å². The minimum Gasteiger partial charge on any atom is -0.351 e. The molecule has 1 aromatic heterocycles. The molecule has 16 heavy (non-hydrogen) atoms. The van der Waals surface area contributed by atoms with Crippen molar-refractivity contribution >= 4 is 11.6 Å². The maximum absolute atomic E-state index is 13.0. The molecule has 0 atom stereocenters. The number of aromatic nitrogens is 2. The van der Waals surface area contributed by atoms with Crippen molar-refractivity contribution in [2.24, 2.45) is 0 Å². The Morgan fingerprint density at radius 1 is 1.31 bits per heavy atom. The van der Waals surface area contributed by atoms with E-state index in [0.717, 1.165) is 29.7 Å². The van der Waals surface area contributed by atoms with Gasteiger partial charge in [0.1, 0.15) is 5.82 Å². The van der Waals surface area contributed by atoms with Gasteiger partial charge in [-0.15, -0.1) is 0 Å². The Bertz CT molecular complexity index is 541. The molecule has 0 bridgehead atoms. The summed E-state index contributed by atoms with van der Waals surface area (Å²) in [5.41, 5.74) is 4.42. The molecule has 1 aromatic carbocycles. The van der Waals surface area contributed by atoms with Crippen molar-refractivity contribution in [3.63, 3.8) is 0 Å². The summed E-state index contributed by atoms with van der Waals surface area (Å²) in [7, 11) is 0. The molecule has 3 rings (SSSR count). The number of fused-ring (bicyclic) bond motifs is 1. The second kappa shape index (κ2) is 3.59. The fourth-order valence-corrected chi connectivity index (χ4v) is 2.17. The quantitative estimate of drug-likeness (QED) is 0.776. The number of benzene rings is 1. The molecule has 1 aliphatic carbocycles. The maximum Gasteiger partial charge on any atom is 0.123 e. The van der Waals surface area contributed by atoms with Crippen LogP contribution in [-0.4, -0.2) is 9.97 Å². The number of hydrogen-bond acceptors (Lipinski definition) is 1. The maximum atomic E-state index is 13.0. The van der Waals surface area contributed by atoms with Crippen molar-refractivity contribution in [1.29, 1.82) is 0 Å². The molecule has 0 saturated heterocycles. The molecule has 0 unspecified atom stereocenters. The van der Waals surface area contributed by atoms with E-state index < -0.39 is 0 Å². The molecule has 0 radical (unpaired) electrons. The monoisotopic (exact) mass is 214 g/mol. The molecule has 0 spiro atoms. The third-order valence-electron chi connectivity index (χ3n) is 2.92. The highest BCUT2D eigenvalue weighted by atomic mass is 19.1. The molecule has 1 N–H and O–H groups in total. The summed E-state index contributed by atoms with van der Waals surface area (Å²) in [6.45, 7) is 0. The Morgan fingerprint density at radius 3 is 3.06 bits per heavy atom. The smallest absolute Gasteiger partial charge is 0.123 e. The van der Waals surface area contributed by atoms with Gasteiger partial charge in [-0.1, -0.05) is 6.07 Å². The molecule has 0 aliphatic heterocycles. The van der Waals surface area contributed by atoms with E-state index in [1.807, 2.05) is 12.3 Å². The highest BCUT2D eigenvalue weighted by Gasteiger charge is 2.16. The second-order valence-electron chi connectivity index (χ2n) is 3.97. The Hall–Kier alpha value is -1.90. The van der Waals surface area contributed by atoms with Crippen LogP contribution in [0.25, 0.3) is 11.6 Å². The number of H-pyrrole nitrogens is 1. The van der Waals surface area contributed by atoms with Crippen LogP contribution in [0.4, 0.5) is 4.39 Å². The topological polar surface area (TPSA) is 28.7 Å². The van der Waals surface area contributed by atoms with Gasteiger partial charge in [-0.05, 0) is 47.8 Å². The molecular weight excluding hydrogens is 203 g/mol. The van der Waals surface area contributed by atoms with E-state index in [1.165, 1.54) is 11.6 Å². The molecule has 0 saturated carbocycles. The van der Waals surface area contributed by atoms with Crippen molar-refractivity contribution in [3.8, 4) is 0 Å². The summed E-state index contributed by atoms with van der Waals surface area (Å²) in [6, 6.07) is 5.00. The lowest BCUT2D eigenvalue weighted by atomic mass is 10.1. The zero-order chi connectivity index (χ0) is 11.0. The van der Waals surface area contributed by atoms with Gasteiger partial charge in [0.2, 0.25) is 0 Å². The predicted octanol–water partition coefficient (Wildman–Crippen LogP) is 3.04. The summed E-state index contributed by atoms with van der Waals surface area (Å²) in [4.78, 5) is 7.09. The lowest BCUT2D eigenvalue weighted by molar-refractivity contribution is 0.626.